The van der Waals surface area contributed by atoms with Gasteiger partial charge in [0.15, 0.2) is 0 Å². The molecule has 0 amide bonds. The number of phenolic OH excluding ortho intramolecular Hbond substituents is 1. The van der Waals surface area contributed by atoms with E-state index in [2.05, 4.69) is 16.8 Å². The maximum Gasteiger partial charge on any atom is 0.115 e. The van der Waals surface area contributed by atoms with Crippen LogP contribution in [-0.4, -0.2) is 36.2 Å². The van der Waals surface area contributed by atoms with Gasteiger partial charge in [-0.25, -0.2) is 0 Å². The summed E-state index contributed by atoms with van der Waals surface area (Å²) < 4.78 is 0. The number of piperazine rings is 1. The van der Waals surface area contributed by atoms with E-state index in [0.717, 1.165) is 26.2 Å². The van der Waals surface area contributed by atoms with Crippen molar-refractivity contribution in [1.29, 1.82) is 0 Å². The minimum atomic E-state index is 0. The summed E-state index contributed by atoms with van der Waals surface area (Å²) in [6.45, 7) is 8.05. The molecule has 1 aromatic rings. The number of rotatable bonds is 3. The Morgan fingerprint density at radius 1 is 1.17 bits per heavy atom. The van der Waals surface area contributed by atoms with Crippen LogP contribution in [0.4, 0.5) is 0 Å². The maximum absolute atomic E-state index is 9.27. The molecule has 0 radical (unpaired) electrons. The first-order valence-electron chi connectivity index (χ1n) is 5.67. The summed E-state index contributed by atoms with van der Waals surface area (Å²) >= 11 is 0. The second-order valence-electron chi connectivity index (χ2n) is 4.06. The van der Waals surface area contributed by atoms with Crippen LogP contribution in [0.3, 0.4) is 0 Å². The highest BCUT2D eigenvalue weighted by atomic mass is 35.5. The van der Waals surface area contributed by atoms with Gasteiger partial charge in [0.05, 0.1) is 6.04 Å². The van der Waals surface area contributed by atoms with Gasteiger partial charge in [-0.1, -0.05) is 18.2 Å². The van der Waals surface area contributed by atoms with Gasteiger partial charge in [0, 0.05) is 26.2 Å². The van der Waals surface area contributed by atoms with E-state index in [9.17, 15) is 5.11 Å². The fourth-order valence-corrected chi connectivity index (χ4v) is 2.13. The topological polar surface area (TPSA) is 35.5 Å². The van der Waals surface area contributed by atoms with Crippen LogP contribution in [0.2, 0.25) is 0 Å². The standard InChI is InChI=1S/C13H18N2O.2ClH/c1-2-13(15-9-7-14-8-10-15)11-3-5-12(16)6-4-11;;/h2-6,13-14,16H,1,7-10H2;2*1H/t13-;;/m0../s1. The van der Waals surface area contributed by atoms with Crippen LogP contribution in [0.15, 0.2) is 36.9 Å². The molecule has 0 aromatic heterocycles. The number of hydrogen-bond acceptors (Lipinski definition) is 3. The Labute approximate surface area is 121 Å². The van der Waals surface area contributed by atoms with Crippen molar-refractivity contribution in [3.63, 3.8) is 0 Å². The lowest BCUT2D eigenvalue weighted by Gasteiger charge is -2.33. The molecule has 18 heavy (non-hydrogen) atoms. The maximum atomic E-state index is 9.27. The summed E-state index contributed by atoms with van der Waals surface area (Å²) in [5.74, 6) is 0.312. The first-order chi connectivity index (χ1) is 7.81. The fraction of sp³-hybridized carbons (Fsp3) is 0.385. The molecule has 1 saturated heterocycles. The van der Waals surface area contributed by atoms with Crippen LogP contribution in [0.1, 0.15) is 11.6 Å². The quantitative estimate of drug-likeness (QED) is 0.839. The number of phenols is 1. The van der Waals surface area contributed by atoms with E-state index in [-0.39, 0.29) is 30.9 Å². The van der Waals surface area contributed by atoms with Crippen LogP contribution in [0, 0.1) is 0 Å². The lowest BCUT2D eigenvalue weighted by molar-refractivity contribution is 0.203. The second kappa shape index (κ2) is 8.38. The third-order valence-corrected chi connectivity index (χ3v) is 3.00. The minimum Gasteiger partial charge on any atom is -0.508 e. The molecule has 0 bridgehead atoms. The molecule has 5 heteroatoms. The van der Waals surface area contributed by atoms with Crippen LogP contribution in [-0.2, 0) is 0 Å². The first-order valence-corrected chi connectivity index (χ1v) is 5.67. The lowest BCUT2D eigenvalue weighted by atomic mass is 10.0. The molecule has 1 aliphatic rings. The summed E-state index contributed by atoms with van der Waals surface area (Å²) in [6, 6.07) is 7.64. The number of benzene rings is 1. The average Bonchev–Trinajstić information content (AvgIpc) is 2.34. The molecular weight excluding hydrogens is 271 g/mol. The molecule has 1 fully saturated rings. The molecular formula is C13H20Cl2N2O. The van der Waals surface area contributed by atoms with E-state index < -0.39 is 0 Å². The Morgan fingerprint density at radius 2 is 1.72 bits per heavy atom. The highest BCUT2D eigenvalue weighted by molar-refractivity contribution is 5.85. The lowest BCUT2D eigenvalue weighted by Crippen LogP contribution is -2.44. The molecule has 1 aliphatic heterocycles. The van der Waals surface area contributed by atoms with Crippen molar-refractivity contribution in [2.75, 3.05) is 26.2 Å². The molecule has 0 unspecified atom stereocenters. The van der Waals surface area contributed by atoms with Crippen LogP contribution >= 0.6 is 24.8 Å². The van der Waals surface area contributed by atoms with Gasteiger partial charge < -0.3 is 10.4 Å². The number of aromatic hydroxyl groups is 1. The summed E-state index contributed by atoms with van der Waals surface area (Å²) in [5.41, 5.74) is 1.19. The zero-order valence-electron chi connectivity index (χ0n) is 10.2. The van der Waals surface area contributed by atoms with Crippen LogP contribution < -0.4 is 5.32 Å². The molecule has 0 spiro atoms. The molecule has 2 N–H and O–H groups in total. The molecule has 1 heterocycles. The van der Waals surface area contributed by atoms with E-state index in [1.807, 2.05) is 18.2 Å². The Balaban J connectivity index is 0.00000144. The largest absolute Gasteiger partial charge is 0.508 e. The predicted octanol–water partition coefficient (Wildman–Crippen LogP) is 2.37. The Kier molecular flexibility index (Phi) is 8.03. The molecule has 3 nitrogen and oxygen atoms in total. The van der Waals surface area contributed by atoms with Gasteiger partial charge in [-0.2, -0.15) is 0 Å². The van der Waals surface area contributed by atoms with Crippen molar-refractivity contribution in [2.45, 2.75) is 6.04 Å². The van der Waals surface area contributed by atoms with E-state index in [4.69, 9.17) is 0 Å². The van der Waals surface area contributed by atoms with Gasteiger partial charge in [-0.3, -0.25) is 4.90 Å². The predicted molar refractivity (Wildman–Crippen MR) is 80.0 cm³/mol. The summed E-state index contributed by atoms with van der Waals surface area (Å²) in [4.78, 5) is 2.40. The molecule has 2 rings (SSSR count). The number of nitrogens with zero attached hydrogens (tertiary/aromatic N) is 1. The van der Waals surface area contributed by atoms with Crippen molar-refractivity contribution in [3.8, 4) is 5.75 Å². The van der Waals surface area contributed by atoms with Gasteiger partial charge in [-0.15, -0.1) is 31.4 Å². The molecule has 1 aromatic carbocycles. The van der Waals surface area contributed by atoms with Gasteiger partial charge in [-0.05, 0) is 17.7 Å². The highest BCUT2D eigenvalue weighted by Gasteiger charge is 2.18. The van der Waals surface area contributed by atoms with Gasteiger partial charge in [0.25, 0.3) is 0 Å². The molecule has 1 atom stereocenters. The molecule has 0 saturated carbocycles. The average molecular weight is 291 g/mol. The molecule has 0 aliphatic carbocycles. The third-order valence-electron chi connectivity index (χ3n) is 3.00. The van der Waals surface area contributed by atoms with Crippen LogP contribution in [0.25, 0.3) is 0 Å². The van der Waals surface area contributed by atoms with Crippen LogP contribution in [0.5, 0.6) is 5.75 Å². The summed E-state index contributed by atoms with van der Waals surface area (Å²) in [7, 11) is 0. The minimum absolute atomic E-state index is 0. The number of hydrogen-bond donors (Lipinski definition) is 2. The highest BCUT2D eigenvalue weighted by Crippen LogP contribution is 2.23. The fourth-order valence-electron chi connectivity index (χ4n) is 2.13. The van der Waals surface area contributed by atoms with Crippen molar-refractivity contribution in [2.24, 2.45) is 0 Å². The van der Waals surface area contributed by atoms with Crippen molar-refractivity contribution < 1.29 is 5.11 Å². The summed E-state index contributed by atoms with van der Waals surface area (Å²) in [6.07, 6.45) is 1.97. The monoisotopic (exact) mass is 290 g/mol. The van der Waals surface area contributed by atoms with E-state index >= 15 is 0 Å². The summed E-state index contributed by atoms with van der Waals surface area (Å²) in [5, 5.41) is 12.6. The van der Waals surface area contributed by atoms with Crippen molar-refractivity contribution >= 4 is 24.8 Å². The zero-order chi connectivity index (χ0) is 11.4. The Bertz CT molecular complexity index is 351. The Hall–Kier alpha value is -0.740. The van der Waals surface area contributed by atoms with E-state index in [1.54, 1.807) is 12.1 Å². The number of halogens is 2. The van der Waals surface area contributed by atoms with Gasteiger partial charge >= 0.3 is 0 Å². The van der Waals surface area contributed by atoms with Crippen molar-refractivity contribution in [1.82, 2.24) is 10.2 Å². The SMILES string of the molecule is C=C[C@@H](c1ccc(O)cc1)N1CCNCC1.Cl.Cl. The third kappa shape index (κ3) is 4.18. The van der Waals surface area contributed by atoms with Crippen molar-refractivity contribution in [3.05, 3.63) is 42.5 Å². The normalized spacial score (nSPS) is 17.1. The Morgan fingerprint density at radius 3 is 2.22 bits per heavy atom. The van der Waals surface area contributed by atoms with Gasteiger partial charge in [0.1, 0.15) is 5.75 Å². The smallest absolute Gasteiger partial charge is 0.115 e. The number of nitrogens with one attached hydrogen (secondary N) is 1. The first kappa shape index (κ1) is 17.3. The zero-order valence-corrected chi connectivity index (χ0v) is 11.8. The van der Waals surface area contributed by atoms with Gasteiger partial charge in [0.2, 0.25) is 0 Å². The molecule has 102 valence electrons. The van der Waals surface area contributed by atoms with E-state index in [1.165, 1.54) is 5.56 Å². The second-order valence-corrected chi connectivity index (χ2v) is 4.06. The van der Waals surface area contributed by atoms with E-state index in [0.29, 0.717) is 5.75 Å².